The molecule has 0 aliphatic rings. The van der Waals surface area contributed by atoms with Crippen LogP contribution in [0, 0.1) is 0 Å². The van der Waals surface area contributed by atoms with Crippen LogP contribution in [0.25, 0.3) is 10.9 Å². The molecule has 0 saturated carbocycles. The summed E-state index contributed by atoms with van der Waals surface area (Å²) >= 11 is 7.72. The Balaban J connectivity index is 2.71. The first-order valence-electron chi connectivity index (χ1n) is 5.79. The van der Waals surface area contributed by atoms with Gasteiger partial charge in [-0.05, 0) is 28.1 Å². The molecule has 0 bridgehead atoms. The molecule has 1 aromatic carbocycles. The number of halogens is 2. The first-order valence-corrected chi connectivity index (χ1v) is 8.36. The second kappa shape index (κ2) is 6.76. The van der Waals surface area contributed by atoms with Crippen molar-refractivity contribution in [2.45, 2.75) is 11.7 Å². The van der Waals surface area contributed by atoms with E-state index in [1.165, 1.54) is 4.57 Å². The van der Waals surface area contributed by atoms with E-state index >= 15 is 0 Å². The van der Waals surface area contributed by atoms with Gasteiger partial charge in [0.25, 0.3) is 5.56 Å². The lowest BCUT2D eigenvalue weighted by Crippen LogP contribution is -2.23. The highest BCUT2D eigenvalue weighted by atomic mass is 79.9. The lowest BCUT2D eigenvalue weighted by Gasteiger charge is -2.11. The molecule has 0 fully saturated rings. The van der Waals surface area contributed by atoms with Crippen molar-refractivity contribution in [3.63, 3.8) is 0 Å². The number of benzene rings is 1. The van der Waals surface area contributed by atoms with Gasteiger partial charge >= 0.3 is 5.97 Å². The maximum atomic E-state index is 12.6. The second-order valence-electron chi connectivity index (χ2n) is 4.07. The summed E-state index contributed by atoms with van der Waals surface area (Å²) < 4.78 is 2.85. The summed E-state index contributed by atoms with van der Waals surface area (Å²) in [4.78, 5) is 27.7. The van der Waals surface area contributed by atoms with Crippen molar-refractivity contribution < 1.29 is 9.90 Å². The number of thioether (sulfide) groups is 1. The Morgan fingerprint density at radius 1 is 1.48 bits per heavy atom. The topological polar surface area (TPSA) is 72.2 Å². The molecule has 0 amide bonds. The van der Waals surface area contributed by atoms with E-state index in [2.05, 4.69) is 43.4 Å². The third-order valence-electron chi connectivity index (χ3n) is 2.58. The minimum Gasteiger partial charge on any atom is -0.481 e. The molecule has 8 heteroatoms. The van der Waals surface area contributed by atoms with Crippen LogP contribution in [0.15, 0.2) is 43.7 Å². The Hall–Kier alpha value is -1.12. The van der Waals surface area contributed by atoms with Gasteiger partial charge in [-0.1, -0.05) is 33.8 Å². The third-order valence-corrected chi connectivity index (χ3v) is 4.60. The Bertz CT molecular complexity index is 789. The van der Waals surface area contributed by atoms with Crippen molar-refractivity contribution in [3.05, 3.63) is 44.1 Å². The molecule has 0 unspecified atom stereocenters. The van der Waals surface area contributed by atoms with Crippen molar-refractivity contribution in [2.24, 2.45) is 0 Å². The summed E-state index contributed by atoms with van der Waals surface area (Å²) in [6, 6.07) is 3.49. The van der Waals surface area contributed by atoms with Crippen molar-refractivity contribution in [1.29, 1.82) is 0 Å². The molecule has 0 spiro atoms. The van der Waals surface area contributed by atoms with Crippen LogP contribution in [0.1, 0.15) is 0 Å². The summed E-state index contributed by atoms with van der Waals surface area (Å²) in [6.45, 7) is 3.89. The van der Waals surface area contributed by atoms with Crippen LogP contribution in [-0.2, 0) is 11.3 Å². The quantitative estimate of drug-likeness (QED) is 0.445. The maximum absolute atomic E-state index is 12.6. The molecule has 1 heterocycles. The molecule has 2 rings (SSSR count). The average molecular weight is 434 g/mol. The van der Waals surface area contributed by atoms with E-state index in [1.807, 2.05) is 0 Å². The fraction of sp³-hybridized carbons (Fsp3) is 0.154. The number of fused-ring (bicyclic) bond motifs is 1. The van der Waals surface area contributed by atoms with Crippen LogP contribution in [-0.4, -0.2) is 26.4 Å². The van der Waals surface area contributed by atoms with E-state index in [9.17, 15) is 9.59 Å². The van der Waals surface area contributed by atoms with Crippen LogP contribution in [0.4, 0.5) is 0 Å². The zero-order valence-corrected chi connectivity index (χ0v) is 14.7. The molecule has 0 aliphatic heterocycles. The van der Waals surface area contributed by atoms with E-state index in [4.69, 9.17) is 5.11 Å². The van der Waals surface area contributed by atoms with Gasteiger partial charge in [0.1, 0.15) is 0 Å². The van der Waals surface area contributed by atoms with E-state index in [1.54, 1.807) is 18.2 Å². The smallest absolute Gasteiger partial charge is 0.313 e. The molecule has 5 nitrogen and oxygen atoms in total. The minimum atomic E-state index is -0.964. The summed E-state index contributed by atoms with van der Waals surface area (Å²) in [6.07, 6.45) is 1.58. The number of hydrogen-bond acceptors (Lipinski definition) is 4. The highest BCUT2D eigenvalue weighted by Crippen LogP contribution is 2.27. The lowest BCUT2D eigenvalue weighted by molar-refractivity contribution is -0.133. The van der Waals surface area contributed by atoms with Crippen molar-refractivity contribution in [1.82, 2.24) is 9.55 Å². The fourth-order valence-electron chi connectivity index (χ4n) is 1.76. The van der Waals surface area contributed by atoms with Gasteiger partial charge in [0.05, 0.1) is 16.7 Å². The van der Waals surface area contributed by atoms with Gasteiger partial charge in [-0.15, -0.1) is 6.58 Å². The number of carbonyl (C=O) groups is 1. The van der Waals surface area contributed by atoms with Crippen LogP contribution >= 0.6 is 43.6 Å². The number of nitrogens with zero attached hydrogens (tertiary/aromatic N) is 2. The Labute approximate surface area is 141 Å². The van der Waals surface area contributed by atoms with Gasteiger partial charge in [-0.25, -0.2) is 4.98 Å². The van der Waals surface area contributed by atoms with E-state index < -0.39 is 5.97 Å². The second-order valence-corrected chi connectivity index (χ2v) is 6.78. The highest BCUT2D eigenvalue weighted by molar-refractivity contribution is 9.11. The molecule has 2 aromatic rings. The van der Waals surface area contributed by atoms with Crippen molar-refractivity contribution >= 4 is 60.5 Å². The number of rotatable bonds is 5. The largest absolute Gasteiger partial charge is 0.481 e. The Morgan fingerprint density at radius 3 is 2.81 bits per heavy atom. The standard InChI is InChI=1S/C13H10Br2N2O3S/c1-2-3-17-12(20)8-4-7(14)5-9(15)11(8)16-13(17)21-6-10(18)19/h2,4-5H,1,3,6H2,(H,18,19). The molecule has 1 aromatic heterocycles. The maximum Gasteiger partial charge on any atom is 0.313 e. The molecule has 0 atom stereocenters. The van der Waals surface area contributed by atoms with Crippen molar-refractivity contribution in [2.75, 3.05) is 5.75 Å². The SMILES string of the molecule is C=CCn1c(SCC(=O)O)nc2c(Br)cc(Br)cc2c1=O. The molecule has 0 radical (unpaired) electrons. The summed E-state index contributed by atoms with van der Waals surface area (Å²) in [7, 11) is 0. The van der Waals surface area contributed by atoms with Crippen LogP contribution in [0.5, 0.6) is 0 Å². The number of carboxylic acids is 1. The minimum absolute atomic E-state index is 0.163. The number of hydrogen-bond donors (Lipinski definition) is 1. The predicted octanol–water partition coefficient (Wildman–Crippen LogP) is 3.28. The van der Waals surface area contributed by atoms with Gasteiger partial charge in [0.2, 0.25) is 0 Å². The molecule has 110 valence electrons. The first kappa shape index (κ1) is 16.3. The molecule has 21 heavy (non-hydrogen) atoms. The number of aromatic nitrogens is 2. The van der Waals surface area contributed by atoms with E-state index in [-0.39, 0.29) is 17.9 Å². The normalized spacial score (nSPS) is 10.8. The predicted molar refractivity (Wildman–Crippen MR) is 90.0 cm³/mol. The zero-order chi connectivity index (χ0) is 15.6. The lowest BCUT2D eigenvalue weighted by atomic mass is 10.2. The first-order chi connectivity index (χ1) is 9.93. The summed E-state index contributed by atoms with van der Waals surface area (Å²) in [5, 5.41) is 9.61. The van der Waals surface area contributed by atoms with Crippen LogP contribution < -0.4 is 5.56 Å². The average Bonchev–Trinajstić information content (AvgIpc) is 2.41. The van der Waals surface area contributed by atoms with Gasteiger partial charge in [0, 0.05) is 15.5 Å². The Kier molecular flexibility index (Phi) is 5.23. The summed E-state index contributed by atoms with van der Waals surface area (Å²) in [5.41, 5.74) is 0.284. The van der Waals surface area contributed by atoms with Gasteiger partial charge < -0.3 is 5.11 Å². The molecular weight excluding hydrogens is 424 g/mol. The van der Waals surface area contributed by atoms with Crippen molar-refractivity contribution in [3.8, 4) is 0 Å². The van der Waals surface area contributed by atoms with E-state index in [0.717, 1.165) is 16.2 Å². The third kappa shape index (κ3) is 3.56. The van der Waals surface area contributed by atoms with Gasteiger partial charge in [-0.2, -0.15) is 0 Å². The van der Waals surface area contributed by atoms with Gasteiger partial charge in [-0.3, -0.25) is 14.2 Å². The zero-order valence-electron chi connectivity index (χ0n) is 10.7. The number of carboxylic acid groups (broad SMARTS) is 1. The van der Waals surface area contributed by atoms with Crippen LogP contribution in [0.3, 0.4) is 0 Å². The monoisotopic (exact) mass is 432 g/mol. The molecular formula is C13H10Br2N2O3S. The fourth-order valence-corrected chi connectivity index (χ4v) is 3.79. The molecule has 0 aliphatic carbocycles. The summed E-state index contributed by atoms with van der Waals surface area (Å²) in [5.74, 6) is -1.13. The number of aliphatic carboxylic acids is 1. The molecule has 1 N–H and O–H groups in total. The number of allylic oxidation sites excluding steroid dienone is 1. The van der Waals surface area contributed by atoms with E-state index in [0.29, 0.717) is 20.5 Å². The molecule has 0 saturated heterocycles. The van der Waals surface area contributed by atoms with Crippen LogP contribution in [0.2, 0.25) is 0 Å². The van der Waals surface area contributed by atoms with Gasteiger partial charge in [0.15, 0.2) is 5.16 Å². The highest BCUT2D eigenvalue weighted by Gasteiger charge is 2.14. The Morgan fingerprint density at radius 2 is 2.19 bits per heavy atom.